The van der Waals surface area contributed by atoms with E-state index in [1.165, 1.54) is 116 Å². The Labute approximate surface area is 350 Å². The Morgan fingerprint density at radius 2 is 0.895 bits per heavy atom. The van der Waals surface area contributed by atoms with Crippen LogP contribution in [0.3, 0.4) is 0 Å². The van der Waals surface area contributed by atoms with Crippen LogP contribution in [0.25, 0.3) is 0 Å². The number of phosphoric acid groups is 1. The first-order valence-corrected chi connectivity index (χ1v) is 24.8. The predicted molar refractivity (Wildman–Crippen MR) is 239 cm³/mol. The summed E-state index contributed by atoms with van der Waals surface area (Å²) in [7, 11) is -3.20. The first-order chi connectivity index (χ1) is 27.8. The Balaban J connectivity index is 3.93. The van der Waals surface area contributed by atoms with Gasteiger partial charge in [-0.25, -0.2) is 4.57 Å². The molecule has 0 saturated carbocycles. The van der Waals surface area contributed by atoms with Crippen LogP contribution < -0.4 is 0 Å². The molecule has 0 bridgehead atoms. The zero-order valence-electron chi connectivity index (χ0n) is 37.0. The molecule has 0 radical (unpaired) electrons. The van der Waals surface area contributed by atoms with Crippen LogP contribution in [0.15, 0.2) is 48.6 Å². The van der Waals surface area contributed by atoms with Crippen LogP contribution in [0.4, 0.5) is 0 Å². The second kappa shape index (κ2) is 43.6. The number of hydrogen-bond acceptors (Lipinski definition) is 7. The molecule has 0 aromatic rings. The number of phosphoric ester groups is 1. The minimum absolute atomic E-state index is 0.225. The van der Waals surface area contributed by atoms with Crippen molar-refractivity contribution in [1.82, 2.24) is 0 Å². The highest BCUT2D eigenvalue weighted by Crippen LogP contribution is 2.42. The van der Waals surface area contributed by atoms with E-state index in [9.17, 15) is 19.0 Å². The smallest absolute Gasteiger partial charge is 0.462 e. The van der Waals surface area contributed by atoms with Gasteiger partial charge in [-0.2, -0.15) is 0 Å². The molecule has 8 nitrogen and oxygen atoms in total. The van der Waals surface area contributed by atoms with Gasteiger partial charge in [0.15, 0.2) is 6.10 Å². The van der Waals surface area contributed by atoms with Gasteiger partial charge in [0, 0.05) is 20.0 Å². The number of hydrogen-bond donors (Lipinski definition) is 1. The zero-order chi connectivity index (χ0) is 41.8. The van der Waals surface area contributed by atoms with Crippen LogP contribution in [-0.4, -0.2) is 43.3 Å². The highest BCUT2D eigenvalue weighted by molar-refractivity contribution is 7.47. The summed E-state index contributed by atoms with van der Waals surface area (Å²) >= 11 is 0. The molecule has 2 unspecified atom stereocenters. The van der Waals surface area contributed by atoms with Crippen molar-refractivity contribution in [3.8, 4) is 0 Å². The number of esters is 2. The standard InChI is InChI=1S/C48H87O8P/c1-4-6-8-10-12-14-16-18-20-21-22-23-24-25-26-27-29-31-33-35-37-39-41-43-48(50)56-46(45-55-57(51,52)53-3)44-54-47(49)42-40-38-36-34-32-30-28-19-17-15-13-11-9-7-5-2/h6,8,12,14,18,20,22-23,46H,4-5,7,9-11,13,15-17,19,21,24-45H2,1-3H3,(H,51,52)/b8-6-,14-12-,20-18-,23-22-. The molecule has 0 aliphatic heterocycles. The molecule has 9 heteroatoms. The number of carbonyl (C=O) groups is 2. The second-order valence-corrected chi connectivity index (χ2v) is 17.1. The largest absolute Gasteiger partial charge is 0.472 e. The van der Waals surface area contributed by atoms with E-state index in [1.807, 2.05) is 0 Å². The third kappa shape index (κ3) is 43.4. The van der Waals surface area contributed by atoms with Crippen molar-refractivity contribution in [1.29, 1.82) is 0 Å². The summed E-state index contributed by atoms with van der Waals surface area (Å²) in [6, 6.07) is 0. The van der Waals surface area contributed by atoms with Crippen molar-refractivity contribution in [2.75, 3.05) is 20.3 Å². The van der Waals surface area contributed by atoms with Crippen molar-refractivity contribution in [3.05, 3.63) is 48.6 Å². The molecular weight excluding hydrogens is 735 g/mol. The predicted octanol–water partition coefficient (Wildman–Crippen LogP) is 15.0. The molecule has 57 heavy (non-hydrogen) atoms. The lowest BCUT2D eigenvalue weighted by molar-refractivity contribution is -0.161. The van der Waals surface area contributed by atoms with E-state index in [-0.39, 0.29) is 19.0 Å². The fourth-order valence-electron chi connectivity index (χ4n) is 6.53. The van der Waals surface area contributed by atoms with Crippen LogP contribution in [0, 0.1) is 0 Å². The lowest BCUT2D eigenvalue weighted by Gasteiger charge is -2.19. The molecule has 1 N–H and O–H groups in total. The fraction of sp³-hybridized carbons (Fsp3) is 0.792. The van der Waals surface area contributed by atoms with E-state index in [2.05, 4.69) is 67.0 Å². The third-order valence-corrected chi connectivity index (χ3v) is 11.0. The molecule has 0 aliphatic carbocycles. The number of carbonyl (C=O) groups excluding carboxylic acids is 2. The fourth-order valence-corrected chi connectivity index (χ4v) is 6.99. The van der Waals surface area contributed by atoms with Gasteiger partial charge < -0.3 is 14.4 Å². The molecule has 0 fully saturated rings. The molecule has 0 heterocycles. The van der Waals surface area contributed by atoms with E-state index >= 15 is 0 Å². The van der Waals surface area contributed by atoms with Crippen molar-refractivity contribution < 1.29 is 37.6 Å². The summed E-state index contributed by atoms with van der Waals surface area (Å²) in [5, 5.41) is 0. The first-order valence-electron chi connectivity index (χ1n) is 23.3. The average molecular weight is 823 g/mol. The maximum Gasteiger partial charge on any atom is 0.472 e. The summed E-state index contributed by atoms with van der Waals surface area (Å²) in [5.74, 6) is -0.802. The van der Waals surface area contributed by atoms with Gasteiger partial charge in [-0.3, -0.25) is 18.6 Å². The third-order valence-electron chi connectivity index (χ3n) is 10.1. The normalized spacial score (nSPS) is 13.7. The minimum Gasteiger partial charge on any atom is -0.462 e. The molecule has 0 amide bonds. The summed E-state index contributed by atoms with van der Waals surface area (Å²) < 4.78 is 32.1. The highest BCUT2D eigenvalue weighted by atomic mass is 31.2. The second-order valence-electron chi connectivity index (χ2n) is 15.5. The number of ether oxygens (including phenoxy) is 2. The van der Waals surface area contributed by atoms with Crippen molar-refractivity contribution in [3.63, 3.8) is 0 Å². The minimum atomic E-state index is -4.26. The van der Waals surface area contributed by atoms with E-state index < -0.39 is 26.5 Å². The van der Waals surface area contributed by atoms with Crippen molar-refractivity contribution >= 4 is 19.8 Å². The summed E-state index contributed by atoms with van der Waals surface area (Å²) in [6.45, 7) is 3.79. The number of rotatable bonds is 43. The first kappa shape index (κ1) is 55.0. The molecule has 332 valence electrons. The summed E-state index contributed by atoms with van der Waals surface area (Å²) in [5.41, 5.74) is 0. The Kier molecular flexibility index (Phi) is 42.1. The summed E-state index contributed by atoms with van der Waals surface area (Å²) in [6.07, 6.45) is 53.1. The SMILES string of the molecule is CC/C=C\C/C=C\C/C=C\C/C=C\CCCCCCCCCCCCC(=O)OC(COC(=O)CCCCCCCCCCCCCCCCC)COP(=O)(O)OC. The zero-order valence-corrected chi connectivity index (χ0v) is 37.9. The maximum absolute atomic E-state index is 12.5. The Hall–Kier alpha value is -1.99. The van der Waals surface area contributed by atoms with Crippen molar-refractivity contribution in [2.24, 2.45) is 0 Å². The van der Waals surface area contributed by atoms with E-state index in [0.29, 0.717) is 12.8 Å². The number of allylic oxidation sites excluding steroid dienone is 8. The molecule has 2 atom stereocenters. The number of unbranched alkanes of at least 4 members (excludes halogenated alkanes) is 24. The summed E-state index contributed by atoms with van der Waals surface area (Å²) in [4.78, 5) is 34.6. The Bertz CT molecular complexity index is 1070. The molecular formula is C48H87O8P. The molecule has 0 aromatic carbocycles. The average Bonchev–Trinajstić information content (AvgIpc) is 3.20. The van der Waals surface area contributed by atoms with Gasteiger partial charge in [0.2, 0.25) is 0 Å². The van der Waals surface area contributed by atoms with Crippen LogP contribution in [-0.2, 0) is 32.7 Å². The van der Waals surface area contributed by atoms with Gasteiger partial charge in [0.1, 0.15) is 6.61 Å². The van der Waals surface area contributed by atoms with Crippen LogP contribution in [0.5, 0.6) is 0 Å². The van der Waals surface area contributed by atoms with Gasteiger partial charge in [0.05, 0.1) is 6.61 Å². The molecule has 0 saturated heterocycles. The monoisotopic (exact) mass is 823 g/mol. The van der Waals surface area contributed by atoms with E-state index in [4.69, 9.17) is 14.0 Å². The lowest BCUT2D eigenvalue weighted by Crippen LogP contribution is -2.29. The van der Waals surface area contributed by atoms with Gasteiger partial charge in [-0.15, -0.1) is 0 Å². The van der Waals surface area contributed by atoms with Crippen molar-refractivity contribution in [2.45, 2.75) is 225 Å². The van der Waals surface area contributed by atoms with E-state index in [0.717, 1.165) is 77.7 Å². The highest BCUT2D eigenvalue weighted by Gasteiger charge is 2.24. The van der Waals surface area contributed by atoms with Gasteiger partial charge in [0.25, 0.3) is 0 Å². The lowest BCUT2D eigenvalue weighted by atomic mass is 10.0. The van der Waals surface area contributed by atoms with Gasteiger partial charge in [-0.05, 0) is 51.4 Å². The quantitative estimate of drug-likeness (QED) is 0.0280. The Morgan fingerprint density at radius 3 is 1.33 bits per heavy atom. The van der Waals surface area contributed by atoms with Crippen LogP contribution in [0.1, 0.15) is 219 Å². The Morgan fingerprint density at radius 1 is 0.509 bits per heavy atom. The topological polar surface area (TPSA) is 108 Å². The maximum atomic E-state index is 12.5. The van der Waals surface area contributed by atoms with Crippen LogP contribution >= 0.6 is 7.82 Å². The van der Waals surface area contributed by atoms with E-state index in [1.54, 1.807) is 0 Å². The van der Waals surface area contributed by atoms with Crippen LogP contribution in [0.2, 0.25) is 0 Å². The van der Waals surface area contributed by atoms with Gasteiger partial charge >= 0.3 is 19.8 Å². The van der Waals surface area contributed by atoms with Gasteiger partial charge in [-0.1, -0.05) is 204 Å². The molecule has 0 aliphatic rings. The molecule has 0 spiro atoms. The molecule has 0 rings (SSSR count). The molecule has 0 aromatic heterocycles.